The molecule has 8 nitrogen and oxygen atoms in total. The van der Waals surface area contributed by atoms with Gasteiger partial charge < -0.3 is 10.6 Å². The van der Waals surface area contributed by atoms with Crippen LogP contribution in [-0.2, 0) is 14.6 Å². The van der Waals surface area contributed by atoms with Crippen LogP contribution in [0.1, 0.15) is 12.5 Å². The molecule has 0 heterocycles. The van der Waals surface area contributed by atoms with Crippen molar-refractivity contribution in [2.75, 3.05) is 23.9 Å². The molecule has 0 aromatic heterocycles. The van der Waals surface area contributed by atoms with Gasteiger partial charge >= 0.3 is 6.03 Å². The number of aryl methyl sites for hydroxylation is 1. The monoisotopic (exact) mass is 352 g/mol. The standard InChI is InChI=1S/C15H20N4O4S/c1-4-19(10-16)14(20)13(9-24(3,22)23)18-15(21)17-12-8-6-5-7-11(12)2/h5-8,13H,4,9H2,1-3H3,(H2,17,18,21). The number of carbonyl (C=O) groups excluding carboxylic acids is 2. The molecular formula is C15H20N4O4S. The summed E-state index contributed by atoms with van der Waals surface area (Å²) in [6.45, 7) is 3.45. The molecule has 0 aliphatic rings. The fourth-order valence-corrected chi connectivity index (χ4v) is 2.80. The van der Waals surface area contributed by atoms with Gasteiger partial charge in [-0.05, 0) is 25.5 Å². The molecule has 0 saturated carbocycles. The SMILES string of the molecule is CCN(C#N)C(=O)C(CS(C)(=O)=O)NC(=O)Nc1ccccc1C. The Hall–Kier alpha value is -2.60. The molecule has 0 aliphatic heterocycles. The molecular weight excluding hydrogens is 332 g/mol. The van der Waals surface area contributed by atoms with Gasteiger partial charge in [0, 0.05) is 18.5 Å². The summed E-state index contributed by atoms with van der Waals surface area (Å²) in [7, 11) is -3.54. The summed E-state index contributed by atoms with van der Waals surface area (Å²) in [5, 5.41) is 13.8. The maximum atomic E-state index is 12.2. The summed E-state index contributed by atoms with van der Waals surface area (Å²) in [5.41, 5.74) is 1.35. The van der Waals surface area contributed by atoms with E-state index < -0.39 is 33.6 Å². The predicted molar refractivity (Wildman–Crippen MR) is 89.8 cm³/mol. The van der Waals surface area contributed by atoms with Crippen molar-refractivity contribution in [2.45, 2.75) is 19.9 Å². The quantitative estimate of drug-likeness (QED) is 0.581. The summed E-state index contributed by atoms with van der Waals surface area (Å²) in [4.78, 5) is 25.1. The molecule has 0 spiro atoms. The highest BCUT2D eigenvalue weighted by Crippen LogP contribution is 2.12. The topological polar surface area (TPSA) is 119 Å². The smallest absolute Gasteiger partial charge is 0.319 e. The Kier molecular flexibility index (Phi) is 6.73. The van der Waals surface area contributed by atoms with Crippen LogP contribution in [0.25, 0.3) is 0 Å². The number of nitrogens with one attached hydrogen (secondary N) is 2. The largest absolute Gasteiger partial charge is 0.325 e. The zero-order valence-electron chi connectivity index (χ0n) is 13.7. The lowest BCUT2D eigenvalue weighted by Crippen LogP contribution is -2.51. The van der Waals surface area contributed by atoms with Gasteiger partial charge in [0.05, 0.1) is 5.75 Å². The van der Waals surface area contributed by atoms with Gasteiger partial charge in [-0.2, -0.15) is 5.26 Å². The Morgan fingerprint density at radius 3 is 2.46 bits per heavy atom. The normalized spacial score (nSPS) is 11.9. The first-order valence-corrected chi connectivity index (χ1v) is 9.26. The summed E-state index contributed by atoms with van der Waals surface area (Å²) in [6.07, 6.45) is 2.62. The average Bonchev–Trinajstić information content (AvgIpc) is 2.48. The minimum absolute atomic E-state index is 0.0800. The van der Waals surface area contributed by atoms with E-state index in [2.05, 4.69) is 10.6 Å². The summed E-state index contributed by atoms with van der Waals surface area (Å²) in [5.74, 6) is -1.36. The highest BCUT2D eigenvalue weighted by molar-refractivity contribution is 7.90. The maximum absolute atomic E-state index is 12.2. The van der Waals surface area contributed by atoms with Gasteiger partial charge in [0.25, 0.3) is 5.91 Å². The van der Waals surface area contributed by atoms with E-state index in [-0.39, 0.29) is 6.54 Å². The molecule has 0 radical (unpaired) electrons. The van der Waals surface area contributed by atoms with Crippen LogP contribution in [0, 0.1) is 18.4 Å². The van der Waals surface area contributed by atoms with Crippen LogP contribution in [0.15, 0.2) is 24.3 Å². The maximum Gasteiger partial charge on any atom is 0.319 e. The zero-order chi connectivity index (χ0) is 18.3. The number of nitriles is 1. The number of urea groups is 1. The first-order chi connectivity index (χ1) is 11.2. The third-order valence-electron chi connectivity index (χ3n) is 3.17. The molecule has 1 aromatic rings. The number of para-hydroxylation sites is 1. The van der Waals surface area contributed by atoms with Crippen LogP contribution in [0.5, 0.6) is 0 Å². The van der Waals surface area contributed by atoms with Crippen molar-refractivity contribution in [1.29, 1.82) is 5.26 Å². The van der Waals surface area contributed by atoms with Crippen molar-refractivity contribution in [3.8, 4) is 6.19 Å². The van der Waals surface area contributed by atoms with Crippen molar-refractivity contribution >= 4 is 27.5 Å². The van der Waals surface area contributed by atoms with Crippen molar-refractivity contribution in [1.82, 2.24) is 10.2 Å². The highest BCUT2D eigenvalue weighted by Gasteiger charge is 2.28. The molecule has 1 rings (SSSR count). The molecule has 130 valence electrons. The van der Waals surface area contributed by atoms with Crippen LogP contribution >= 0.6 is 0 Å². The molecule has 1 atom stereocenters. The number of hydrogen-bond donors (Lipinski definition) is 2. The Labute approximate surface area is 141 Å². The van der Waals surface area contributed by atoms with Crippen LogP contribution in [-0.4, -0.2) is 49.9 Å². The minimum Gasteiger partial charge on any atom is -0.325 e. The van der Waals surface area contributed by atoms with Crippen molar-refractivity contribution in [3.63, 3.8) is 0 Å². The Morgan fingerprint density at radius 2 is 1.96 bits per heavy atom. The average molecular weight is 352 g/mol. The van der Waals surface area contributed by atoms with E-state index in [0.717, 1.165) is 16.7 Å². The molecule has 24 heavy (non-hydrogen) atoms. The number of anilines is 1. The van der Waals surface area contributed by atoms with Gasteiger partial charge in [0.1, 0.15) is 15.9 Å². The Morgan fingerprint density at radius 1 is 1.33 bits per heavy atom. The first kappa shape index (κ1) is 19.4. The molecule has 0 bridgehead atoms. The predicted octanol–water partition coefficient (Wildman–Crippen LogP) is 0.859. The van der Waals surface area contributed by atoms with Gasteiger partial charge in [-0.1, -0.05) is 18.2 Å². The summed E-state index contributed by atoms with van der Waals surface area (Å²) in [6, 6.07) is 4.94. The number of sulfone groups is 1. The zero-order valence-corrected chi connectivity index (χ0v) is 14.6. The van der Waals surface area contributed by atoms with E-state index in [9.17, 15) is 18.0 Å². The van der Waals surface area contributed by atoms with Gasteiger partial charge in [0.2, 0.25) is 0 Å². The number of benzene rings is 1. The van der Waals surface area contributed by atoms with E-state index >= 15 is 0 Å². The molecule has 0 aliphatic carbocycles. The van der Waals surface area contributed by atoms with Gasteiger partial charge in [-0.25, -0.2) is 18.1 Å². The molecule has 1 unspecified atom stereocenters. The second-order valence-electron chi connectivity index (χ2n) is 5.24. The lowest BCUT2D eigenvalue weighted by Gasteiger charge is -2.21. The highest BCUT2D eigenvalue weighted by atomic mass is 32.2. The molecule has 0 saturated heterocycles. The molecule has 2 N–H and O–H groups in total. The Bertz CT molecular complexity index is 755. The van der Waals surface area contributed by atoms with E-state index in [0.29, 0.717) is 5.69 Å². The first-order valence-electron chi connectivity index (χ1n) is 7.20. The van der Waals surface area contributed by atoms with Crippen LogP contribution in [0.2, 0.25) is 0 Å². The van der Waals surface area contributed by atoms with Crippen LogP contribution in [0.4, 0.5) is 10.5 Å². The van der Waals surface area contributed by atoms with E-state index in [1.165, 1.54) is 0 Å². The number of nitrogens with zero attached hydrogens (tertiary/aromatic N) is 2. The molecule has 9 heteroatoms. The third kappa shape index (κ3) is 5.89. The molecule has 3 amide bonds. The summed E-state index contributed by atoms with van der Waals surface area (Å²) >= 11 is 0. The number of rotatable bonds is 6. The van der Waals surface area contributed by atoms with Gasteiger partial charge in [-0.15, -0.1) is 0 Å². The number of amides is 3. The van der Waals surface area contributed by atoms with Crippen LogP contribution in [0.3, 0.4) is 0 Å². The molecule has 0 fully saturated rings. The fraction of sp³-hybridized carbons (Fsp3) is 0.400. The molecule has 1 aromatic carbocycles. The van der Waals surface area contributed by atoms with Gasteiger partial charge in [0.15, 0.2) is 6.19 Å². The lowest BCUT2D eigenvalue weighted by atomic mass is 10.2. The van der Waals surface area contributed by atoms with Crippen molar-refractivity contribution in [3.05, 3.63) is 29.8 Å². The second kappa shape index (κ2) is 8.31. The number of likely N-dealkylation sites (N-methyl/N-ethyl adjacent to an activating group) is 1. The minimum atomic E-state index is -3.54. The van der Waals surface area contributed by atoms with Crippen LogP contribution < -0.4 is 10.6 Å². The summed E-state index contributed by atoms with van der Waals surface area (Å²) < 4.78 is 23.0. The second-order valence-corrected chi connectivity index (χ2v) is 7.43. The Balaban J connectivity index is 2.92. The van der Waals surface area contributed by atoms with Gasteiger partial charge in [-0.3, -0.25) is 4.79 Å². The van der Waals surface area contributed by atoms with Crippen molar-refractivity contribution < 1.29 is 18.0 Å². The fourth-order valence-electron chi connectivity index (χ4n) is 1.97. The van der Waals surface area contributed by atoms with E-state index in [1.807, 2.05) is 0 Å². The number of carbonyl (C=O) groups is 2. The van der Waals surface area contributed by atoms with E-state index in [4.69, 9.17) is 5.26 Å². The van der Waals surface area contributed by atoms with Crippen molar-refractivity contribution in [2.24, 2.45) is 0 Å². The van der Waals surface area contributed by atoms with E-state index in [1.54, 1.807) is 44.3 Å². The lowest BCUT2D eigenvalue weighted by molar-refractivity contribution is -0.129. The third-order valence-corrected chi connectivity index (χ3v) is 4.11. The number of hydrogen-bond acceptors (Lipinski definition) is 5.